The van der Waals surface area contributed by atoms with Crippen molar-refractivity contribution in [2.24, 2.45) is 0 Å². The van der Waals surface area contributed by atoms with Crippen LogP contribution in [0.4, 0.5) is 0 Å². The molecule has 3 aliphatic rings. The minimum absolute atomic E-state index is 0.230. The topological polar surface area (TPSA) is 0 Å². The molecule has 0 spiro atoms. The van der Waals surface area contributed by atoms with Gasteiger partial charge in [0.05, 0.1) is 5.41 Å². The molecule has 14 aromatic rings. The van der Waals surface area contributed by atoms with Gasteiger partial charge in [-0.1, -0.05) is 280 Å². The van der Waals surface area contributed by atoms with Crippen molar-refractivity contribution >= 4 is 32.3 Å². The number of benzene rings is 14. The summed E-state index contributed by atoms with van der Waals surface area (Å²) >= 11 is 0. The lowest BCUT2D eigenvalue weighted by molar-refractivity contribution is 0.583. The Morgan fingerprint density at radius 1 is 0.267 bits per heavy atom. The van der Waals surface area contributed by atoms with Crippen molar-refractivity contribution in [1.29, 1.82) is 0 Å². The first-order chi connectivity index (χ1) is 43.7. The van der Waals surface area contributed by atoms with E-state index >= 15 is 0 Å². The van der Waals surface area contributed by atoms with Crippen LogP contribution in [-0.4, -0.2) is 0 Å². The summed E-state index contributed by atoms with van der Waals surface area (Å²) in [5.41, 5.74) is 35.8. The van der Waals surface area contributed by atoms with Gasteiger partial charge in [0.25, 0.3) is 0 Å². The summed E-state index contributed by atoms with van der Waals surface area (Å²) in [5.74, 6) is 0. The first kappa shape index (κ1) is 54.0. The van der Waals surface area contributed by atoms with Crippen LogP contribution in [0.3, 0.4) is 0 Å². The summed E-state index contributed by atoms with van der Waals surface area (Å²) in [4.78, 5) is 0. The highest BCUT2D eigenvalue weighted by atomic mass is 14.5. The molecule has 0 bridgehead atoms. The minimum atomic E-state index is -0.470. The molecular weight excluding hydrogens is 1080 g/mol. The van der Waals surface area contributed by atoms with E-state index in [2.05, 4.69) is 322 Å². The Morgan fingerprint density at radius 2 is 0.756 bits per heavy atom. The van der Waals surface area contributed by atoms with Gasteiger partial charge in [0.15, 0.2) is 0 Å². The average Bonchev–Trinajstić information content (AvgIpc) is 1.54. The predicted molar refractivity (Wildman–Crippen MR) is 381 cm³/mol. The second-order valence-electron chi connectivity index (χ2n) is 27.3. The third kappa shape index (κ3) is 7.99. The summed E-state index contributed by atoms with van der Waals surface area (Å²) in [7, 11) is 0. The number of fused-ring (bicyclic) bond motifs is 12. The highest BCUT2D eigenvalue weighted by Gasteiger charge is 2.47. The van der Waals surface area contributed by atoms with Crippen LogP contribution >= 0.6 is 0 Å². The number of hydrogen-bond donors (Lipinski definition) is 0. The maximum absolute atomic E-state index is 2.51. The highest BCUT2D eigenvalue weighted by molar-refractivity contribution is 6.09. The van der Waals surface area contributed by atoms with E-state index in [0.717, 1.165) is 6.42 Å². The monoisotopic (exact) mass is 1150 g/mol. The predicted octanol–water partition coefficient (Wildman–Crippen LogP) is 23.6. The zero-order chi connectivity index (χ0) is 60.9. The lowest BCUT2D eigenvalue weighted by Gasteiger charge is -2.34. The number of aryl methyl sites for hydroxylation is 5. The van der Waals surface area contributed by atoms with Gasteiger partial charge in [0.1, 0.15) is 0 Å². The second kappa shape index (κ2) is 19.9. The van der Waals surface area contributed by atoms with E-state index in [9.17, 15) is 0 Å². The van der Waals surface area contributed by atoms with Gasteiger partial charge in [0, 0.05) is 10.8 Å². The molecule has 0 N–H and O–H groups in total. The fraction of sp³-hybridized carbons (Fsp3) is 0.133. The van der Waals surface area contributed by atoms with Gasteiger partial charge in [0.2, 0.25) is 0 Å². The molecule has 3 aliphatic carbocycles. The van der Waals surface area contributed by atoms with Crippen LogP contribution in [0.1, 0.15) is 98.7 Å². The standard InChI is InChI=1S/C90H70/c1-54-27-37-68(38-28-54)90(69-39-29-55(2)30-40-69)81-23-12-10-18-76(81)86-72(19-15-25-83(86)90)62-35-41-70-66(50-62)45-57(4)47-78(70)79-48-58(5)46-67-51-63(36-42-71(67)79)73-20-14-21-77-85-64(16-13-24-82(85)88(6,7)87(73)77)53-89(8)80-22-11-9-17-74(80)75-43-34-61(52-84(75)89)60-33-32-59-31-26-56(3)44-65(59)49-60/h9-52H,53H2,1-8H3. The molecule has 430 valence electrons. The van der Waals surface area contributed by atoms with Crippen molar-refractivity contribution in [3.05, 3.63) is 345 Å². The summed E-state index contributed by atoms with van der Waals surface area (Å²) < 4.78 is 0. The van der Waals surface area contributed by atoms with Crippen LogP contribution in [0.15, 0.2) is 267 Å². The highest BCUT2D eigenvalue weighted by Crippen LogP contribution is 2.60. The van der Waals surface area contributed by atoms with Crippen molar-refractivity contribution in [3.8, 4) is 77.9 Å². The fourth-order valence-electron chi connectivity index (χ4n) is 17.1. The van der Waals surface area contributed by atoms with Crippen molar-refractivity contribution in [3.63, 3.8) is 0 Å². The molecule has 0 nitrogen and oxygen atoms in total. The van der Waals surface area contributed by atoms with Gasteiger partial charge in [-0.05, 0) is 237 Å². The molecule has 0 aromatic heterocycles. The molecule has 0 heterocycles. The minimum Gasteiger partial charge on any atom is -0.0619 e. The average molecular weight is 1150 g/mol. The smallest absolute Gasteiger partial charge is 0.0619 e. The largest absolute Gasteiger partial charge is 0.0713 e. The van der Waals surface area contributed by atoms with Gasteiger partial charge >= 0.3 is 0 Å². The molecule has 0 heteroatoms. The van der Waals surface area contributed by atoms with Gasteiger partial charge in [-0.25, -0.2) is 0 Å². The Hall–Kier alpha value is -10.1. The lowest BCUT2D eigenvalue weighted by atomic mass is 9.67. The van der Waals surface area contributed by atoms with E-state index < -0.39 is 5.41 Å². The van der Waals surface area contributed by atoms with Crippen molar-refractivity contribution in [2.45, 2.75) is 78.1 Å². The Morgan fingerprint density at radius 3 is 1.46 bits per heavy atom. The molecule has 0 saturated heterocycles. The molecular formula is C90H70. The van der Waals surface area contributed by atoms with Crippen molar-refractivity contribution in [2.75, 3.05) is 0 Å². The van der Waals surface area contributed by atoms with Gasteiger partial charge in [-0.2, -0.15) is 0 Å². The molecule has 14 aromatic carbocycles. The first-order valence-electron chi connectivity index (χ1n) is 32.2. The fourth-order valence-corrected chi connectivity index (χ4v) is 17.1. The van der Waals surface area contributed by atoms with E-state index in [1.54, 1.807) is 0 Å². The van der Waals surface area contributed by atoms with Crippen LogP contribution < -0.4 is 0 Å². The maximum Gasteiger partial charge on any atom is 0.0713 e. The SMILES string of the molecule is Cc1ccc(C2(c3ccc(C)cc3)c3ccccc3-c3c(-c4ccc5c(-c6cc(C)cc7cc(-c8cccc9c8C(C)(C)c8cccc(CC%10(C)c%11ccccc%11-c%11ccc(-c%12ccc%13ccc(C)cc%13c%12)cc%11%10)c8-9)ccc67)cc(C)cc5c4)cccc32)cc1. The van der Waals surface area contributed by atoms with E-state index in [0.29, 0.717) is 0 Å². The molecule has 1 unspecified atom stereocenters. The third-order valence-corrected chi connectivity index (χ3v) is 21.2. The van der Waals surface area contributed by atoms with Gasteiger partial charge in [-0.15, -0.1) is 0 Å². The van der Waals surface area contributed by atoms with Crippen LogP contribution in [0, 0.1) is 34.6 Å². The second-order valence-corrected chi connectivity index (χ2v) is 27.3. The van der Waals surface area contributed by atoms with Crippen LogP contribution in [0.5, 0.6) is 0 Å². The van der Waals surface area contributed by atoms with E-state index in [1.807, 2.05) is 0 Å². The maximum atomic E-state index is 2.51. The summed E-state index contributed by atoms with van der Waals surface area (Å²) in [6, 6.07) is 103. The van der Waals surface area contributed by atoms with Crippen LogP contribution in [0.25, 0.3) is 110 Å². The van der Waals surface area contributed by atoms with Crippen LogP contribution in [0.2, 0.25) is 0 Å². The molecule has 0 radical (unpaired) electrons. The number of rotatable bonds is 8. The van der Waals surface area contributed by atoms with E-state index in [-0.39, 0.29) is 10.8 Å². The Balaban J connectivity index is 0.747. The molecule has 0 aliphatic heterocycles. The molecule has 0 fully saturated rings. The summed E-state index contributed by atoms with van der Waals surface area (Å²) in [6.45, 7) is 18.5. The Bertz CT molecular complexity index is 5310. The third-order valence-electron chi connectivity index (χ3n) is 21.2. The zero-order valence-electron chi connectivity index (χ0n) is 52.6. The molecule has 17 rings (SSSR count). The summed E-state index contributed by atoms with van der Waals surface area (Å²) in [5, 5.41) is 7.60. The molecule has 0 amide bonds. The Labute approximate surface area is 529 Å². The van der Waals surface area contributed by atoms with Crippen LogP contribution in [-0.2, 0) is 22.7 Å². The first-order valence-corrected chi connectivity index (χ1v) is 32.2. The Kier molecular flexibility index (Phi) is 12.0. The molecule has 0 saturated carbocycles. The molecule has 90 heavy (non-hydrogen) atoms. The lowest BCUT2D eigenvalue weighted by Crippen LogP contribution is -2.28. The van der Waals surface area contributed by atoms with Gasteiger partial charge in [-0.3, -0.25) is 0 Å². The van der Waals surface area contributed by atoms with Crippen molar-refractivity contribution in [1.82, 2.24) is 0 Å². The quantitative estimate of drug-likeness (QED) is 0.142. The summed E-state index contributed by atoms with van der Waals surface area (Å²) in [6.07, 6.45) is 0.889. The van der Waals surface area contributed by atoms with Crippen molar-refractivity contribution < 1.29 is 0 Å². The van der Waals surface area contributed by atoms with E-state index in [4.69, 9.17) is 0 Å². The number of hydrogen-bond acceptors (Lipinski definition) is 0. The molecule has 1 atom stereocenters. The zero-order valence-corrected chi connectivity index (χ0v) is 52.6. The normalized spacial score (nSPS) is 15.4. The van der Waals surface area contributed by atoms with E-state index in [1.165, 1.54) is 188 Å². The van der Waals surface area contributed by atoms with Gasteiger partial charge < -0.3 is 0 Å².